The van der Waals surface area contributed by atoms with Crippen LogP contribution in [0.2, 0.25) is 0 Å². The van der Waals surface area contributed by atoms with Crippen LogP contribution in [0.1, 0.15) is 32.6 Å². The first-order valence-electron chi connectivity index (χ1n) is 6.37. The van der Waals surface area contributed by atoms with E-state index < -0.39 is 6.04 Å². The molecular weight excluding hydrogens is 252 g/mol. The number of amides is 2. The summed E-state index contributed by atoms with van der Waals surface area (Å²) in [5, 5.41) is 14.8. The van der Waals surface area contributed by atoms with Crippen molar-refractivity contribution < 1.29 is 14.7 Å². The first kappa shape index (κ1) is 15.3. The molecule has 0 aromatic heterocycles. The van der Waals surface area contributed by atoms with Crippen molar-refractivity contribution in [2.24, 2.45) is 5.92 Å². The minimum atomic E-state index is -0.605. The van der Waals surface area contributed by atoms with Crippen LogP contribution in [0.3, 0.4) is 0 Å². The summed E-state index contributed by atoms with van der Waals surface area (Å²) in [6.45, 7) is 1.47. The number of nitrogens with one attached hydrogen (secondary N) is 2. The van der Waals surface area contributed by atoms with E-state index in [9.17, 15) is 14.7 Å². The van der Waals surface area contributed by atoms with Crippen molar-refractivity contribution in [3.63, 3.8) is 0 Å². The number of hydrogen-bond acceptors (Lipinski definition) is 4. The fourth-order valence-corrected chi connectivity index (χ4v) is 2.60. The standard InChI is InChI=1S/C12H22N2O3S/c1-8(16)13-11(7-18)12(17)14-10-5-3-2-4-9(10)6-15/h9-11,15,18H,2-7H2,1H3,(H,13,16)(H,14,17). The molecule has 0 heterocycles. The van der Waals surface area contributed by atoms with Crippen LogP contribution in [0.4, 0.5) is 0 Å². The lowest BCUT2D eigenvalue weighted by molar-refractivity contribution is -0.128. The molecule has 1 rings (SSSR count). The van der Waals surface area contributed by atoms with Gasteiger partial charge in [-0.05, 0) is 12.8 Å². The summed E-state index contributed by atoms with van der Waals surface area (Å²) >= 11 is 4.07. The van der Waals surface area contributed by atoms with E-state index in [0.29, 0.717) is 0 Å². The van der Waals surface area contributed by atoms with Gasteiger partial charge >= 0.3 is 0 Å². The van der Waals surface area contributed by atoms with Crippen molar-refractivity contribution in [3.05, 3.63) is 0 Å². The van der Waals surface area contributed by atoms with E-state index >= 15 is 0 Å². The Bertz CT molecular complexity index is 299. The lowest BCUT2D eigenvalue weighted by Gasteiger charge is -2.32. The normalized spacial score (nSPS) is 25.3. The first-order valence-corrected chi connectivity index (χ1v) is 7.01. The van der Waals surface area contributed by atoms with E-state index in [-0.39, 0.29) is 36.1 Å². The van der Waals surface area contributed by atoms with Crippen molar-refractivity contribution >= 4 is 24.4 Å². The highest BCUT2D eigenvalue weighted by molar-refractivity contribution is 7.80. The summed E-state index contributed by atoms with van der Waals surface area (Å²) in [6.07, 6.45) is 3.98. The molecule has 0 aromatic carbocycles. The maximum absolute atomic E-state index is 12.0. The van der Waals surface area contributed by atoms with Crippen LogP contribution in [0, 0.1) is 5.92 Å². The molecule has 5 nitrogen and oxygen atoms in total. The molecule has 3 atom stereocenters. The summed E-state index contributed by atoms with van der Waals surface area (Å²) in [7, 11) is 0. The molecule has 0 radical (unpaired) electrons. The second kappa shape index (κ2) is 7.63. The molecule has 0 saturated heterocycles. The summed E-state index contributed by atoms with van der Waals surface area (Å²) in [5.74, 6) is -0.0697. The van der Waals surface area contributed by atoms with Crippen LogP contribution in [0.15, 0.2) is 0 Å². The summed E-state index contributed by atoms with van der Waals surface area (Å²) in [4.78, 5) is 22.9. The molecule has 1 aliphatic rings. The summed E-state index contributed by atoms with van der Waals surface area (Å²) < 4.78 is 0. The second-order valence-corrected chi connectivity index (χ2v) is 5.14. The minimum absolute atomic E-state index is 0.00684. The smallest absolute Gasteiger partial charge is 0.243 e. The van der Waals surface area contributed by atoms with E-state index in [1.54, 1.807) is 0 Å². The van der Waals surface area contributed by atoms with Crippen LogP contribution >= 0.6 is 12.6 Å². The fourth-order valence-electron chi connectivity index (χ4n) is 2.34. The van der Waals surface area contributed by atoms with Gasteiger partial charge in [0.15, 0.2) is 0 Å². The molecule has 6 heteroatoms. The van der Waals surface area contributed by atoms with Crippen molar-refractivity contribution in [1.82, 2.24) is 10.6 Å². The zero-order valence-electron chi connectivity index (χ0n) is 10.7. The second-order valence-electron chi connectivity index (χ2n) is 4.78. The molecule has 1 aliphatic carbocycles. The van der Waals surface area contributed by atoms with Crippen molar-refractivity contribution in [2.75, 3.05) is 12.4 Å². The van der Waals surface area contributed by atoms with Crippen molar-refractivity contribution in [3.8, 4) is 0 Å². The third-order valence-corrected chi connectivity index (χ3v) is 3.71. The van der Waals surface area contributed by atoms with Crippen LogP contribution in [0.5, 0.6) is 0 Å². The molecule has 0 bridgehead atoms. The molecule has 1 saturated carbocycles. The predicted molar refractivity (Wildman–Crippen MR) is 72.4 cm³/mol. The molecule has 0 aromatic rings. The number of aliphatic hydroxyl groups excluding tert-OH is 1. The van der Waals surface area contributed by atoms with E-state index in [0.717, 1.165) is 25.7 Å². The first-order chi connectivity index (χ1) is 8.58. The molecular formula is C12H22N2O3S. The largest absolute Gasteiger partial charge is 0.396 e. The Morgan fingerprint density at radius 3 is 2.61 bits per heavy atom. The molecule has 2 amide bonds. The Balaban J connectivity index is 2.52. The Morgan fingerprint density at radius 1 is 1.39 bits per heavy atom. The molecule has 3 unspecified atom stereocenters. The van der Waals surface area contributed by atoms with Gasteiger partial charge in [-0.15, -0.1) is 0 Å². The topological polar surface area (TPSA) is 78.4 Å². The van der Waals surface area contributed by atoms with E-state index in [4.69, 9.17) is 0 Å². The Morgan fingerprint density at radius 2 is 2.06 bits per heavy atom. The van der Waals surface area contributed by atoms with Gasteiger partial charge in [-0.1, -0.05) is 12.8 Å². The number of rotatable bonds is 5. The third kappa shape index (κ3) is 4.49. The van der Waals surface area contributed by atoms with Crippen molar-refractivity contribution in [2.45, 2.75) is 44.7 Å². The maximum atomic E-state index is 12.0. The van der Waals surface area contributed by atoms with Crippen LogP contribution < -0.4 is 10.6 Å². The summed E-state index contributed by atoms with van der Waals surface area (Å²) in [6, 6.07) is -0.598. The van der Waals surface area contributed by atoms with E-state index in [1.807, 2.05) is 0 Å². The number of aliphatic hydroxyl groups is 1. The number of carbonyl (C=O) groups is 2. The lowest BCUT2D eigenvalue weighted by Crippen LogP contribution is -2.52. The highest BCUT2D eigenvalue weighted by Gasteiger charge is 2.28. The zero-order chi connectivity index (χ0) is 13.5. The van der Waals surface area contributed by atoms with Crippen LogP contribution in [-0.2, 0) is 9.59 Å². The van der Waals surface area contributed by atoms with E-state index in [2.05, 4.69) is 23.3 Å². The minimum Gasteiger partial charge on any atom is -0.396 e. The van der Waals surface area contributed by atoms with Crippen molar-refractivity contribution in [1.29, 1.82) is 0 Å². The maximum Gasteiger partial charge on any atom is 0.243 e. The SMILES string of the molecule is CC(=O)NC(CS)C(=O)NC1CCCCC1CO. The Labute approximate surface area is 113 Å². The number of hydrogen-bond donors (Lipinski definition) is 4. The highest BCUT2D eigenvalue weighted by Crippen LogP contribution is 2.23. The van der Waals surface area contributed by atoms with Gasteiger partial charge in [-0.2, -0.15) is 12.6 Å². The monoisotopic (exact) mass is 274 g/mol. The van der Waals surface area contributed by atoms with Crippen LogP contribution in [0.25, 0.3) is 0 Å². The van der Waals surface area contributed by atoms with Gasteiger partial charge in [-0.25, -0.2) is 0 Å². The van der Waals surface area contributed by atoms with Gasteiger partial charge in [0.25, 0.3) is 0 Å². The van der Waals surface area contributed by atoms with Crippen LogP contribution in [-0.4, -0.2) is 41.4 Å². The third-order valence-electron chi connectivity index (χ3n) is 3.35. The number of carbonyl (C=O) groups excluding carboxylic acids is 2. The van der Waals surface area contributed by atoms with Gasteiger partial charge in [0.2, 0.25) is 11.8 Å². The molecule has 0 aliphatic heterocycles. The Kier molecular flexibility index (Phi) is 6.49. The molecule has 104 valence electrons. The van der Waals surface area contributed by atoms with Gasteiger partial charge < -0.3 is 15.7 Å². The molecule has 3 N–H and O–H groups in total. The summed E-state index contributed by atoms with van der Waals surface area (Å²) in [5.41, 5.74) is 0. The molecule has 18 heavy (non-hydrogen) atoms. The zero-order valence-corrected chi connectivity index (χ0v) is 11.6. The highest BCUT2D eigenvalue weighted by atomic mass is 32.1. The van der Waals surface area contributed by atoms with E-state index in [1.165, 1.54) is 6.92 Å². The van der Waals surface area contributed by atoms with Gasteiger partial charge in [0.1, 0.15) is 6.04 Å². The number of thiol groups is 1. The predicted octanol–water partition coefficient (Wildman–Crippen LogP) is 0.0882. The molecule has 1 fully saturated rings. The van der Waals surface area contributed by atoms with Gasteiger partial charge in [0.05, 0.1) is 0 Å². The average molecular weight is 274 g/mol. The van der Waals surface area contributed by atoms with Gasteiger partial charge in [0, 0.05) is 31.2 Å². The Hall–Kier alpha value is -0.750. The quantitative estimate of drug-likeness (QED) is 0.537. The fraction of sp³-hybridized carbons (Fsp3) is 0.833. The average Bonchev–Trinajstić information content (AvgIpc) is 2.36. The van der Waals surface area contributed by atoms with Gasteiger partial charge in [-0.3, -0.25) is 9.59 Å². The lowest BCUT2D eigenvalue weighted by atomic mass is 9.85. The molecule has 0 spiro atoms.